The van der Waals surface area contributed by atoms with Gasteiger partial charge in [-0.3, -0.25) is 9.42 Å². The summed E-state index contributed by atoms with van der Waals surface area (Å²) in [6.07, 6.45) is 0.799. The lowest BCUT2D eigenvalue weighted by molar-refractivity contribution is -0.268. The monoisotopic (exact) mass is 191 g/mol. The number of rotatable bonds is 0. The van der Waals surface area contributed by atoms with Crippen molar-refractivity contribution in [3.05, 3.63) is 0 Å². The summed E-state index contributed by atoms with van der Waals surface area (Å²) in [4.78, 5) is 1.90. The highest BCUT2D eigenvalue weighted by Crippen LogP contribution is 2.80. The van der Waals surface area contributed by atoms with Gasteiger partial charge in [0.15, 0.2) is 0 Å². The Labute approximate surface area is 70.2 Å². The SMILES string of the molecule is CN1CCC2(C)OP3(=O)OC12O3. The van der Waals surface area contributed by atoms with E-state index in [1.165, 1.54) is 0 Å². The van der Waals surface area contributed by atoms with Gasteiger partial charge in [0.25, 0.3) is 5.91 Å². The zero-order valence-electron chi connectivity index (χ0n) is 6.94. The second kappa shape index (κ2) is 1.65. The average Bonchev–Trinajstić information content (AvgIpc) is 2.34. The predicted molar refractivity (Wildman–Crippen MR) is 39.2 cm³/mol. The van der Waals surface area contributed by atoms with Crippen LogP contribution in [0.15, 0.2) is 0 Å². The van der Waals surface area contributed by atoms with Crippen LogP contribution in [0, 0.1) is 0 Å². The molecule has 0 aromatic heterocycles. The molecule has 4 fully saturated rings. The number of nitrogens with zero attached hydrogens (tertiary/aromatic N) is 1. The van der Waals surface area contributed by atoms with Gasteiger partial charge in [0, 0.05) is 6.54 Å². The van der Waals surface area contributed by atoms with E-state index in [1.54, 1.807) is 0 Å². The summed E-state index contributed by atoms with van der Waals surface area (Å²) in [5.41, 5.74) is -0.530. The summed E-state index contributed by atoms with van der Waals surface area (Å²) >= 11 is 0. The van der Waals surface area contributed by atoms with Gasteiger partial charge in [0.2, 0.25) is 0 Å². The maximum absolute atomic E-state index is 11.3. The van der Waals surface area contributed by atoms with Crippen molar-refractivity contribution >= 4 is 7.82 Å². The number of hydrogen-bond acceptors (Lipinski definition) is 5. The first-order valence-corrected chi connectivity index (χ1v) is 5.39. The molecule has 4 saturated heterocycles. The molecule has 2 bridgehead atoms. The smallest absolute Gasteiger partial charge is 0.273 e. The molecule has 0 N–H and O–H groups in total. The molecule has 0 amide bonds. The Morgan fingerprint density at radius 3 is 2.67 bits per heavy atom. The van der Waals surface area contributed by atoms with Gasteiger partial charge >= 0.3 is 7.82 Å². The summed E-state index contributed by atoms with van der Waals surface area (Å²) < 4.78 is 27.0. The van der Waals surface area contributed by atoms with Crippen LogP contribution >= 0.6 is 7.82 Å². The van der Waals surface area contributed by atoms with Gasteiger partial charge in [0.05, 0.1) is 0 Å². The fraction of sp³-hybridized carbons (Fsp3) is 1.00. The van der Waals surface area contributed by atoms with E-state index in [9.17, 15) is 4.57 Å². The second-order valence-corrected chi connectivity index (χ2v) is 5.15. The highest BCUT2D eigenvalue weighted by atomic mass is 31.2. The van der Waals surface area contributed by atoms with Gasteiger partial charge in [-0.2, -0.15) is 0 Å². The van der Waals surface area contributed by atoms with Crippen LogP contribution in [0.4, 0.5) is 0 Å². The number of likely N-dealkylation sites (tertiary alicyclic amines) is 1. The van der Waals surface area contributed by atoms with Crippen LogP contribution in [-0.2, 0) is 18.1 Å². The molecule has 4 rings (SSSR count). The average molecular weight is 191 g/mol. The molecular weight excluding hydrogens is 181 g/mol. The summed E-state index contributed by atoms with van der Waals surface area (Å²) in [5.74, 6) is -0.845. The van der Waals surface area contributed by atoms with Crippen molar-refractivity contribution in [1.82, 2.24) is 4.90 Å². The van der Waals surface area contributed by atoms with Gasteiger partial charge in [-0.15, -0.1) is 0 Å². The second-order valence-electron chi connectivity index (χ2n) is 3.71. The molecule has 4 aliphatic heterocycles. The molecular formula is C6H10NO4P. The minimum atomic E-state index is -3.13. The lowest BCUT2D eigenvalue weighted by Crippen LogP contribution is -2.56. The molecule has 0 radical (unpaired) electrons. The number of phosphoric ester groups is 1. The predicted octanol–water partition coefficient (Wildman–Crippen LogP) is 0.919. The van der Waals surface area contributed by atoms with Crippen LogP contribution in [-0.4, -0.2) is 30.0 Å². The van der Waals surface area contributed by atoms with Gasteiger partial charge in [-0.25, -0.2) is 13.6 Å². The van der Waals surface area contributed by atoms with E-state index in [4.69, 9.17) is 13.6 Å². The standard InChI is InChI=1S/C6H10NO4P/c1-5-3-4-7(2)6(5)10-12(8,9-5)11-6/h3-4H2,1-2H3. The molecule has 68 valence electrons. The molecule has 0 aromatic carbocycles. The van der Waals surface area contributed by atoms with Gasteiger partial charge < -0.3 is 0 Å². The maximum atomic E-state index is 11.3. The summed E-state index contributed by atoms with van der Waals surface area (Å²) in [5, 5.41) is 0. The molecule has 12 heavy (non-hydrogen) atoms. The van der Waals surface area contributed by atoms with Crippen molar-refractivity contribution < 1.29 is 18.1 Å². The first-order valence-electron chi connectivity index (χ1n) is 3.93. The van der Waals surface area contributed by atoms with Gasteiger partial charge in [-0.05, 0) is 20.4 Å². The lowest BCUT2D eigenvalue weighted by Gasteiger charge is -2.39. The quantitative estimate of drug-likeness (QED) is 0.533. The van der Waals surface area contributed by atoms with Crippen LogP contribution in [0.25, 0.3) is 0 Å². The van der Waals surface area contributed by atoms with Crippen LogP contribution in [0.5, 0.6) is 0 Å². The van der Waals surface area contributed by atoms with E-state index in [0.29, 0.717) is 0 Å². The normalized spacial score (nSPS) is 63.2. The first kappa shape index (κ1) is 7.47. The third-order valence-electron chi connectivity index (χ3n) is 2.88. The van der Waals surface area contributed by atoms with Crippen molar-refractivity contribution in [3.8, 4) is 0 Å². The third-order valence-corrected chi connectivity index (χ3v) is 4.45. The zero-order valence-corrected chi connectivity index (χ0v) is 7.84. The number of phosphoric acid groups is 1. The first-order chi connectivity index (χ1) is 5.50. The van der Waals surface area contributed by atoms with Crippen molar-refractivity contribution in [2.75, 3.05) is 13.6 Å². The minimum Gasteiger partial charge on any atom is -0.273 e. The Morgan fingerprint density at radius 2 is 2.08 bits per heavy atom. The van der Waals surface area contributed by atoms with Gasteiger partial charge in [0.1, 0.15) is 5.60 Å². The van der Waals surface area contributed by atoms with Crippen molar-refractivity contribution in [1.29, 1.82) is 0 Å². The van der Waals surface area contributed by atoms with Crippen molar-refractivity contribution in [2.24, 2.45) is 0 Å². The van der Waals surface area contributed by atoms with Crippen LogP contribution in [0.3, 0.4) is 0 Å². The third kappa shape index (κ3) is 0.543. The van der Waals surface area contributed by atoms with Crippen molar-refractivity contribution in [3.63, 3.8) is 0 Å². The molecule has 4 aliphatic rings. The topological polar surface area (TPSA) is 48.0 Å². The highest BCUT2D eigenvalue weighted by Gasteiger charge is 2.81. The Kier molecular flexibility index (Phi) is 1.03. The van der Waals surface area contributed by atoms with Crippen LogP contribution < -0.4 is 0 Å². The Balaban J connectivity index is 2.11. The maximum Gasteiger partial charge on any atom is 0.483 e. The van der Waals surface area contributed by atoms with E-state index in [-0.39, 0.29) is 0 Å². The number of likely N-dealkylation sites (N-methyl/N-ethyl adjacent to an activating group) is 1. The van der Waals surface area contributed by atoms with E-state index in [1.807, 2.05) is 18.9 Å². The largest absolute Gasteiger partial charge is 0.483 e. The Hall–Kier alpha value is 0.0700. The Bertz CT molecular complexity index is 296. The minimum absolute atomic E-state index is 0.530. The van der Waals surface area contributed by atoms with Crippen LogP contribution in [0.1, 0.15) is 13.3 Å². The van der Waals surface area contributed by atoms with Crippen LogP contribution in [0.2, 0.25) is 0 Å². The summed E-state index contributed by atoms with van der Waals surface area (Å²) in [6, 6.07) is 0. The molecule has 0 aromatic rings. The summed E-state index contributed by atoms with van der Waals surface area (Å²) in [7, 11) is -1.25. The molecule has 6 heteroatoms. The fourth-order valence-corrected chi connectivity index (χ4v) is 4.18. The Morgan fingerprint density at radius 1 is 1.42 bits per heavy atom. The molecule has 1 unspecified atom stereocenters. The van der Waals surface area contributed by atoms with E-state index < -0.39 is 19.3 Å². The van der Waals surface area contributed by atoms with E-state index in [0.717, 1.165) is 13.0 Å². The van der Waals surface area contributed by atoms with E-state index >= 15 is 0 Å². The summed E-state index contributed by atoms with van der Waals surface area (Å²) in [6.45, 7) is 2.72. The molecule has 0 saturated carbocycles. The van der Waals surface area contributed by atoms with Gasteiger partial charge in [-0.1, -0.05) is 0 Å². The molecule has 5 nitrogen and oxygen atoms in total. The zero-order chi connectivity index (χ0) is 8.61. The molecule has 0 aliphatic carbocycles. The lowest BCUT2D eigenvalue weighted by atomic mass is 10.0. The molecule has 1 spiro atoms. The number of hydrogen-bond donors (Lipinski definition) is 0. The molecule has 1 atom stereocenters. The van der Waals surface area contributed by atoms with E-state index in [2.05, 4.69) is 0 Å². The fourth-order valence-electron chi connectivity index (χ4n) is 2.12. The molecule has 4 heterocycles. The van der Waals surface area contributed by atoms with Crippen molar-refractivity contribution in [2.45, 2.75) is 24.9 Å². The highest BCUT2D eigenvalue weighted by molar-refractivity contribution is 7.50.